The van der Waals surface area contributed by atoms with E-state index in [-0.39, 0.29) is 5.41 Å². The molecule has 2 fully saturated rings. The maximum atomic E-state index is 6.36. The maximum absolute atomic E-state index is 6.36. The van der Waals surface area contributed by atoms with Crippen LogP contribution in [-0.4, -0.2) is 30.1 Å². The van der Waals surface area contributed by atoms with Crippen LogP contribution in [-0.2, 0) is 0 Å². The molecular weight excluding hydrogens is 208 g/mol. The van der Waals surface area contributed by atoms with Crippen molar-refractivity contribution in [3.05, 3.63) is 0 Å². The summed E-state index contributed by atoms with van der Waals surface area (Å²) in [6.07, 6.45) is 8.63. The minimum Gasteiger partial charge on any atom is -0.326 e. The highest BCUT2D eigenvalue weighted by atomic mass is 15.2. The molecule has 17 heavy (non-hydrogen) atoms. The third-order valence-corrected chi connectivity index (χ3v) is 4.90. The quantitative estimate of drug-likeness (QED) is 0.801. The first-order valence-corrected chi connectivity index (χ1v) is 7.48. The van der Waals surface area contributed by atoms with E-state index in [1.54, 1.807) is 0 Å². The lowest BCUT2D eigenvalue weighted by Gasteiger charge is -2.46. The van der Waals surface area contributed by atoms with Crippen molar-refractivity contribution >= 4 is 0 Å². The van der Waals surface area contributed by atoms with Gasteiger partial charge in [-0.25, -0.2) is 0 Å². The molecule has 0 aromatic rings. The van der Waals surface area contributed by atoms with Crippen LogP contribution >= 0.6 is 0 Å². The molecule has 3 unspecified atom stereocenters. The van der Waals surface area contributed by atoms with Gasteiger partial charge in [-0.05, 0) is 43.6 Å². The van der Waals surface area contributed by atoms with Gasteiger partial charge in [0.05, 0.1) is 0 Å². The summed E-state index contributed by atoms with van der Waals surface area (Å²) < 4.78 is 0. The summed E-state index contributed by atoms with van der Waals surface area (Å²) in [5, 5.41) is 0. The summed E-state index contributed by atoms with van der Waals surface area (Å²) in [4.78, 5) is 2.71. The van der Waals surface area contributed by atoms with Crippen LogP contribution in [0.2, 0.25) is 0 Å². The van der Waals surface area contributed by atoms with Crippen molar-refractivity contribution in [2.75, 3.05) is 13.1 Å². The summed E-state index contributed by atoms with van der Waals surface area (Å²) in [6.45, 7) is 9.18. The Labute approximate surface area is 107 Å². The van der Waals surface area contributed by atoms with Gasteiger partial charge < -0.3 is 5.73 Å². The van der Waals surface area contributed by atoms with Gasteiger partial charge in [0.25, 0.3) is 0 Å². The third-order valence-electron chi connectivity index (χ3n) is 4.90. The number of rotatable bonds is 2. The van der Waals surface area contributed by atoms with Crippen LogP contribution in [0, 0.1) is 11.3 Å². The van der Waals surface area contributed by atoms with Crippen LogP contribution < -0.4 is 5.73 Å². The molecule has 1 heterocycles. The number of nitrogens with two attached hydrogens (primary N) is 1. The van der Waals surface area contributed by atoms with E-state index < -0.39 is 0 Å². The summed E-state index contributed by atoms with van der Waals surface area (Å²) in [6, 6.07) is 1.16. The van der Waals surface area contributed by atoms with Crippen LogP contribution in [0.15, 0.2) is 0 Å². The van der Waals surface area contributed by atoms with Gasteiger partial charge in [-0.3, -0.25) is 4.90 Å². The second kappa shape index (κ2) is 5.27. The van der Waals surface area contributed by atoms with E-state index in [4.69, 9.17) is 5.73 Å². The molecule has 0 radical (unpaired) electrons. The summed E-state index contributed by atoms with van der Waals surface area (Å²) in [7, 11) is 0. The van der Waals surface area contributed by atoms with E-state index in [0.717, 1.165) is 18.5 Å². The molecule has 2 heteroatoms. The van der Waals surface area contributed by atoms with Crippen LogP contribution in [0.3, 0.4) is 0 Å². The number of piperidine rings is 1. The zero-order valence-electron chi connectivity index (χ0n) is 11.9. The van der Waals surface area contributed by atoms with Crippen molar-refractivity contribution in [3.63, 3.8) is 0 Å². The van der Waals surface area contributed by atoms with Gasteiger partial charge in [-0.1, -0.05) is 33.6 Å². The number of likely N-dealkylation sites (tertiary alicyclic amines) is 1. The minimum atomic E-state index is 0.238. The number of hydrogen-bond donors (Lipinski definition) is 1. The van der Waals surface area contributed by atoms with Crippen molar-refractivity contribution in [1.82, 2.24) is 4.90 Å². The minimum absolute atomic E-state index is 0.238. The Bertz CT molecular complexity index is 242. The Morgan fingerprint density at radius 3 is 2.47 bits per heavy atom. The largest absolute Gasteiger partial charge is 0.326 e. The van der Waals surface area contributed by atoms with Crippen molar-refractivity contribution in [2.24, 2.45) is 17.1 Å². The first kappa shape index (κ1) is 13.4. The van der Waals surface area contributed by atoms with Gasteiger partial charge in [-0.2, -0.15) is 0 Å². The highest BCUT2D eigenvalue weighted by Gasteiger charge is 2.35. The molecule has 1 saturated heterocycles. The van der Waals surface area contributed by atoms with Crippen molar-refractivity contribution in [3.8, 4) is 0 Å². The van der Waals surface area contributed by atoms with E-state index in [2.05, 4.69) is 25.7 Å². The van der Waals surface area contributed by atoms with Crippen molar-refractivity contribution < 1.29 is 0 Å². The Kier molecular flexibility index (Phi) is 4.14. The van der Waals surface area contributed by atoms with Crippen LogP contribution in [0.4, 0.5) is 0 Å². The third kappa shape index (κ3) is 3.23. The van der Waals surface area contributed by atoms with Gasteiger partial charge >= 0.3 is 0 Å². The lowest BCUT2D eigenvalue weighted by atomic mass is 9.77. The lowest BCUT2D eigenvalue weighted by Crippen LogP contribution is -2.53. The fourth-order valence-electron chi connectivity index (χ4n) is 3.48. The predicted molar refractivity (Wildman–Crippen MR) is 74.0 cm³/mol. The first-order chi connectivity index (χ1) is 7.98. The summed E-state index contributed by atoms with van der Waals surface area (Å²) >= 11 is 0. The van der Waals surface area contributed by atoms with Crippen molar-refractivity contribution in [2.45, 2.75) is 71.4 Å². The molecule has 1 aliphatic carbocycles. The smallest absolute Gasteiger partial charge is 0.0217 e. The molecule has 100 valence electrons. The topological polar surface area (TPSA) is 29.3 Å². The Hall–Kier alpha value is -0.0800. The lowest BCUT2D eigenvalue weighted by molar-refractivity contribution is 0.0457. The van der Waals surface area contributed by atoms with Gasteiger partial charge in [0.2, 0.25) is 0 Å². The SMILES string of the molecule is CC(C)(C)C(N)CN1CCCC2CCCCC21. The molecule has 0 aromatic carbocycles. The van der Waals surface area contributed by atoms with Gasteiger partial charge in [0.15, 0.2) is 0 Å². The molecule has 2 nitrogen and oxygen atoms in total. The molecule has 0 aromatic heterocycles. The molecule has 1 aliphatic heterocycles. The van der Waals surface area contributed by atoms with Gasteiger partial charge in [0.1, 0.15) is 0 Å². The van der Waals surface area contributed by atoms with Crippen LogP contribution in [0.1, 0.15) is 59.3 Å². The second-order valence-corrected chi connectivity index (χ2v) is 7.22. The number of nitrogens with zero attached hydrogens (tertiary/aromatic N) is 1. The fraction of sp³-hybridized carbons (Fsp3) is 1.00. The van der Waals surface area contributed by atoms with Gasteiger partial charge in [-0.15, -0.1) is 0 Å². The molecule has 0 spiro atoms. The number of hydrogen-bond acceptors (Lipinski definition) is 2. The zero-order valence-corrected chi connectivity index (χ0v) is 11.9. The molecule has 1 saturated carbocycles. The Morgan fingerprint density at radius 1 is 1.12 bits per heavy atom. The normalized spacial score (nSPS) is 33.2. The fourth-order valence-corrected chi connectivity index (χ4v) is 3.48. The summed E-state index contributed by atoms with van der Waals surface area (Å²) in [5.74, 6) is 0.977. The van der Waals surface area contributed by atoms with Crippen LogP contribution in [0.5, 0.6) is 0 Å². The van der Waals surface area contributed by atoms with E-state index in [1.165, 1.54) is 45.1 Å². The van der Waals surface area contributed by atoms with Gasteiger partial charge in [0, 0.05) is 18.6 Å². The highest BCUT2D eigenvalue weighted by molar-refractivity contribution is 4.90. The molecule has 2 aliphatic rings. The maximum Gasteiger partial charge on any atom is 0.0217 e. The molecule has 2 N–H and O–H groups in total. The Balaban J connectivity index is 1.95. The molecule has 0 bridgehead atoms. The molecule has 2 rings (SSSR count). The number of fused-ring (bicyclic) bond motifs is 1. The average molecular weight is 238 g/mol. The standard InChI is InChI=1S/C15H30N2/c1-15(2,3)14(16)11-17-10-6-8-12-7-4-5-9-13(12)17/h12-14H,4-11,16H2,1-3H3. The summed E-state index contributed by atoms with van der Waals surface area (Å²) in [5.41, 5.74) is 6.60. The highest BCUT2D eigenvalue weighted by Crippen LogP contribution is 2.35. The van der Waals surface area contributed by atoms with Crippen LogP contribution in [0.25, 0.3) is 0 Å². The Morgan fingerprint density at radius 2 is 1.76 bits per heavy atom. The monoisotopic (exact) mass is 238 g/mol. The van der Waals surface area contributed by atoms with Crippen molar-refractivity contribution in [1.29, 1.82) is 0 Å². The zero-order chi connectivity index (χ0) is 12.5. The van der Waals surface area contributed by atoms with E-state index >= 15 is 0 Å². The average Bonchev–Trinajstić information content (AvgIpc) is 2.28. The predicted octanol–water partition coefficient (Wildman–Crippen LogP) is 3.01. The molecule has 3 atom stereocenters. The van der Waals surface area contributed by atoms with E-state index in [9.17, 15) is 0 Å². The molecular formula is C15H30N2. The molecule has 0 amide bonds. The first-order valence-electron chi connectivity index (χ1n) is 7.48. The van der Waals surface area contributed by atoms with E-state index in [0.29, 0.717) is 6.04 Å². The van der Waals surface area contributed by atoms with E-state index in [1.807, 2.05) is 0 Å². The second-order valence-electron chi connectivity index (χ2n) is 7.22.